The molecule has 0 bridgehead atoms. The van der Waals surface area contributed by atoms with Crippen molar-refractivity contribution in [3.63, 3.8) is 0 Å². The number of esters is 1. The molecular formula is C13H23ClO2. The molecule has 0 saturated carbocycles. The second-order valence-corrected chi connectivity index (χ2v) is 4.21. The second-order valence-electron chi connectivity index (χ2n) is 3.83. The van der Waals surface area contributed by atoms with E-state index >= 15 is 0 Å². The molecule has 0 radical (unpaired) electrons. The minimum atomic E-state index is -0.0935. The number of methoxy groups -OCH3 is 1. The Bertz CT molecular complexity index is 190. The van der Waals surface area contributed by atoms with Crippen LogP contribution in [0.2, 0.25) is 0 Å². The van der Waals surface area contributed by atoms with Crippen molar-refractivity contribution in [1.29, 1.82) is 0 Å². The van der Waals surface area contributed by atoms with Gasteiger partial charge in [0.05, 0.1) is 7.11 Å². The van der Waals surface area contributed by atoms with Gasteiger partial charge in [0.1, 0.15) is 0 Å². The highest BCUT2D eigenvalue weighted by Crippen LogP contribution is 2.08. The number of hydrogen-bond acceptors (Lipinski definition) is 2. The number of rotatable bonds is 10. The van der Waals surface area contributed by atoms with E-state index in [0.717, 1.165) is 25.7 Å². The second kappa shape index (κ2) is 12.6. The van der Waals surface area contributed by atoms with E-state index in [9.17, 15) is 4.79 Å². The average Bonchev–Trinajstić information content (AvgIpc) is 2.31. The van der Waals surface area contributed by atoms with Gasteiger partial charge in [-0.1, -0.05) is 31.4 Å². The lowest BCUT2D eigenvalue weighted by Crippen LogP contribution is -1.98. The van der Waals surface area contributed by atoms with Gasteiger partial charge in [-0.2, -0.15) is 0 Å². The summed E-state index contributed by atoms with van der Waals surface area (Å²) in [6.07, 6.45) is 12.8. The van der Waals surface area contributed by atoms with Crippen molar-refractivity contribution >= 4 is 17.6 Å². The number of unbranched alkanes of at least 4 members (excludes halogenated alkanes) is 5. The Morgan fingerprint density at radius 1 is 1.06 bits per heavy atom. The lowest BCUT2D eigenvalue weighted by Gasteiger charge is -1.99. The molecule has 0 spiro atoms. The summed E-state index contributed by atoms with van der Waals surface area (Å²) in [7, 11) is 1.44. The molecule has 0 aliphatic rings. The molecule has 0 aliphatic heterocycles. The number of halogens is 1. The van der Waals surface area contributed by atoms with Crippen molar-refractivity contribution in [2.75, 3.05) is 13.0 Å². The fourth-order valence-electron chi connectivity index (χ4n) is 1.46. The smallest absolute Gasteiger partial charge is 0.305 e. The molecule has 0 heterocycles. The van der Waals surface area contributed by atoms with Crippen molar-refractivity contribution in [1.82, 2.24) is 0 Å². The number of carbonyl (C=O) groups is 1. The first-order chi connectivity index (χ1) is 7.81. The standard InChI is InChI=1S/C13H23ClO2/c1-16-13(15)11-9-7-5-3-2-4-6-8-10-12-14/h6,8H,2-5,7,9-12H2,1H3/b8-6+. The van der Waals surface area contributed by atoms with Gasteiger partial charge in [-0.25, -0.2) is 0 Å². The summed E-state index contributed by atoms with van der Waals surface area (Å²) in [5.41, 5.74) is 0. The first-order valence-electron chi connectivity index (χ1n) is 6.09. The van der Waals surface area contributed by atoms with Crippen LogP contribution in [0, 0.1) is 0 Å². The first-order valence-corrected chi connectivity index (χ1v) is 6.62. The van der Waals surface area contributed by atoms with Crippen LogP contribution in [-0.4, -0.2) is 19.0 Å². The quantitative estimate of drug-likeness (QED) is 0.251. The number of hydrogen-bond donors (Lipinski definition) is 0. The van der Waals surface area contributed by atoms with E-state index in [0.29, 0.717) is 12.3 Å². The van der Waals surface area contributed by atoms with E-state index < -0.39 is 0 Å². The van der Waals surface area contributed by atoms with E-state index in [-0.39, 0.29) is 5.97 Å². The number of ether oxygens (including phenoxy) is 1. The zero-order chi connectivity index (χ0) is 12.1. The number of allylic oxidation sites excluding steroid dienone is 2. The fraction of sp³-hybridized carbons (Fsp3) is 0.769. The van der Waals surface area contributed by atoms with Crippen LogP contribution in [0.4, 0.5) is 0 Å². The van der Waals surface area contributed by atoms with Crippen molar-refractivity contribution in [3.05, 3.63) is 12.2 Å². The summed E-state index contributed by atoms with van der Waals surface area (Å²) in [6, 6.07) is 0. The van der Waals surface area contributed by atoms with E-state index in [1.54, 1.807) is 0 Å². The van der Waals surface area contributed by atoms with Crippen molar-refractivity contribution in [3.8, 4) is 0 Å². The Morgan fingerprint density at radius 2 is 1.69 bits per heavy atom. The van der Waals surface area contributed by atoms with E-state index in [1.165, 1.54) is 26.4 Å². The zero-order valence-corrected chi connectivity index (χ0v) is 11.0. The van der Waals surface area contributed by atoms with Gasteiger partial charge >= 0.3 is 5.97 Å². The van der Waals surface area contributed by atoms with E-state index in [4.69, 9.17) is 11.6 Å². The maximum Gasteiger partial charge on any atom is 0.305 e. The minimum Gasteiger partial charge on any atom is -0.469 e. The van der Waals surface area contributed by atoms with Gasteiger partial charge in [0.2, 0.25) is 0 Å². The van der Waals surface area contributed by atoms with Gasteiger partial charge in [-0.15, -0.1) is 11.6 Å². The summed E-state index contributed by atoms with van der Waals surface area (Å²) in [5.74, 6) is 0.619. The maximum atomic E-state index is 10.8. The summed E-state index contributed by atoms with van der Waals surface area (Å²) >= 11 is 5.55. The molecule has 0 rings (SSSR count). The monoisotopic (exact) mass is 246 g/mol. The Labute approximate surface area is 104 Å². The van der Waals surface area contributed by atoms with Gasteiger partial charge in [-0.3, -0.25) is 4.79 Å². The fourth-order valence-corrected chi connectivity index (χ4v) is 1.59. The van der Waals surface area contributed by atoms with Crippen molar-refractivity contribution in [2.24, 2.45) is 0 Å². The summed E-state index contributed by atoms with van der Waals surface area (Å²) in [6.45, 7) is 0. The van der Waals surface area contributed by atoms with E-state index in [2.05, 4.69) is 16.9 Å². The highest BCUT2D eigenvalue weighted by atomic mass is 35.5. The van der Waals surface area contributed by atoms with Crippen LogP contribution in [-0.2, 0) is 9.53 Å². The van der Waals surface area contributed by atoms with Gasteiger partial charge in [-0.05, 0) is 25.7 Å². The third-order valence-electron chi connectivity index (χ3n) is 2.42. The number of alkyl halides is 1. The molecule has 0 N–H and O–H groups in total. The first kappa shape index (κ1) is 15.5. The Kier molecular flexibility index (Phi) is 12.2. The minimum absolute atomic E-state index is 0.0935. The Balaban J connectivity index is 3.07. The van der Waals surface area contributed by atoms with Crippen LogP contribution in [0.15, 0.2) is 12.2 Å². The SMILES string of the molecule is COC(=O)CCCCCCC/C=C/CCCl. The Hall–Kier alpha value is -0.500. The third-order valence-corrected chi connectivity index (χ3v) is 2.64. The van der Waals surface area contributed by atoms with Crippen LogP contribution in [0.3, 0.4) is 0 Å². The molecule has 0 aromatic carbocycles. The van der Waals surface area contributed by atoms with Crippen LogP contribution < -0.4 is 0 Å². The molecule has 0 aliphatic carbocycles. The average molecular weight is 247 g/mol. The molecule has 0 fully saturated rings. The van der Waals surface area contributed by atoms with Crippen molar-refractivity contribution in [2.45, 2.75) is 51.4 Å². The summed E-state index contributed by atoms with van der Waals surface area (Å²) in [4.78, 5) is 10.8. The topological polar surface area (TPSA) is 26.3 Å². The molecule has 0 aromatic rings. The molecule has 0 unspecified atom stereocenters. The predicted octanol–water partition coefficient (Wildman–Crippen LogP) is 4.08. The maximum absolute atomic E-state index is 10.8. The molecule has 0 amide bonds. The normalized spacial score (nSPS) is 10.9. The van der Waals surface area contributed by atoms with Crippen LogP contribution in [0.5, 0.6) is 0 Å². The summed E-state index contributed by atoms with van der Waals surface area (Å²) in [5, 5.41) is 0. The van der Waals surface area contributed by atoms with Gasteiger partial charge in [0, 0.05) is 12.3 Å². The molecule has 94 valence electrons. The Morgan fingerprint density at radius 3 is 2.38 bits per heavy atom. The molecule has 2 nitrogen and oxygen atoms in total. The lowest BCUT2D eigenvalue weighted by atomic mass is 10.1. The summed E-state index contributed by atoms with van der Waals surface area (Å²) < 4.78 is 4.57. The van der Waals surface area contributed by atoms with Crippen LogP contribution in [0.25, 0.3) is 0 Å². The van der Waals surface area contributed by atoms with Crippen molar-refractivity contribution < 1.29 is 9.53 Å². The van der Waals surface area contributed by atoms with Gasteiger partial charge < -0.3 is 4.74 Å². The highest BCUT2D eigenvalue weighted by molar-refractivity contribution is 6.17. The lowest BCUT2D eigenvalue weighted by molar-refractivity contribution is -0.140. The largest absolute Gasteiger partial charge is 0.469 e. The number of carbonyl (C=O) groups excluding carboxylic acids is 1. The zero-order valence-electron chi connectivity index (χ0n) is 10.2. The molecule has 0 saturated heterocycles. The molecule has 0 aromatic heterocycles. The van der Waals surface area contributed by atoms with Gasteiger partial charge in [0.15, 0.2) is 0 Å². The predicted molar refractivity (Wildman–Crippen MR) is 68.8 cm³/mol. The third kappa shape index (κ3) is 11.6. The van der Waals surface area contributed by atoms with Crippen LogP contribution in [0.1, 0.15) is 51.4 Å². The molecule has 3 heteroatoms. The van der Waals surface area contributed by atoms with E-state index in [1.807, 2.05) is 0 Å². The molecular weight excluding hydrogens is 224 g/mol. The van der Waals surface area contributed by atoms with Gasteiger partial charge in [0.25, 0.3) is 0 Å². The molecule has 16 heavy (non-hydrogen) atoms. The highest BCUT2D eigenvalue weighted by Gasteiger charge is 1.98. The molecule has 0 atom stereocenters. The van der Waals surface area contributed by atoms with Crippen LogP contribution >= 0.6 is 11.6 Å².